The van der Waals surface area contributed by atoms with Crippen molar-refractivity contribution in [3.63, 3.8) is 0 Å². The zero-order valence-corrected chi connectivity index (χ0v) is 9.80. The van der Waals surface area contributed by atoms with Gasteiger partial charge in [-0.25, -0.2) is 0 Å². The summed E-state index contributed by atoms with van der Waals surface area (Å²) in [6.07, 6.45) is 1.56. The van der Waals surface area contributed by atoms with E-state index < -0.39 is 6.10 Å². The quantitative estimate of drug-likeness (QED) is 0.659. The van der Waals surface area contributed by atoms with Gasteiger partial charge in [-0.2, -0.15) is 0 Å². The fourth-order valence-electron chi connectivity index (χ4n) is 2.18. The van der Waals surface area contributed by atoms with Crippen LogP contribution in [0.4, 0.5) is 0 Å². The first-order valence-corrected chi connectivity index (χ1v) is 5.35. The van der Waals surface area contributed by atoms with Gasteiger partial charge < -0.3 is 14.2 Å². The van der Waals surface area contributed by atoms with E-state index in [1.807, 2.05) is 13.0 Å². The Labute approximate surface area is 94.9 Å². The molecule has 2 aliphatic rings. The second-order valence-electron chi connectivity index (χ2n) is 4.03. The fraction of sp³-hybridized carbons (Fsp3) is 0.727. The van der Waals surface area contributed by atoms with Crippen molar-refractivity contribution < 1.29 is 19.0 Å². The molecule has 0 aromatic heterocycles. The number of carbonyl (C=O) groups is 1. The lowest BCUT2D eigenvalue weighted by Crippen LogP contribution is -2.44. The van der Waals surface area contributed by atoms with Crippen LogP contribution in [0, 0.1) is 0 Å². The molecule has 0 aromatic carbocycles. The third-order valence-corrected chi connectivity index (χ3v) is 3.11. The fourth-order valence-corrected chi connectivity index (χ4v) is 2.18. The van der Waals surface area contributed by atoms with Gasteiger partial charge in [0, 0.05) is 20.6 Å². The summed E-state index contributed by atoms with van der Waals surface area (Å²) in [5.41, 5.74) is 1.05. The summed E-state index contributed by atoms with van der Waals surface area (Å²) in [6.45, 7) is 2.51. The number of rotatable bonds is 3. The van der Waals surface area contributed by atoms with Gasteiger partial charge in [-0.3, -0.25) is 9.69 Å². The molecule has 2 rings (SSSR count). The zero-order chi connectivity index (χ0) is 11.7. The Morgan fingerprint density at radius 3 is 2.69 bits per heavy atom. The number of ether oxygens (including phenoxy) is 3. The van der Waals surface area contributed by atoms with E-state index >= 15 is 0 Å². The highest BCUT2D eigenvalue weighted by Crippen LogP contribution is 2.29. The monoisotopic (exact) mass is 227 g/mol. The lowest BCUT2D eigenvalue weighted by Gasteiger charge is -2.29. The highest BCUT2D eigenvalue weighted by molar-refractivity contribution is 5.84. The van der Waals surface area contributed by atoms with Gasteiger partial charge in [-0.1, -0.05) is 6.08 Å². The van der Waals surface area contributed by atoms with Crippen LogP contribution in [0.2, 0.25) is 0 Å². The van der Waals surface area contributed by atoms with Gasteiger partial charge in [-0.05, 0) is 12.5 Å². The van der Waals surface area contributed by atoms with E-state index in [4.69, 9.17) is 14.2 Å². The van der Waals surface area contributed by atoms with Crippen LogP contribution >= 0.6 is 0 Å². The van der Waals surface area contributed by atoms with Crippen molar-refractivity contribution in [1.82, 2.24) is 4.90 Å². The van der Waals surface area contributed by atoms with Crippen molar-refractivity contribution in [2.24, 2.45) is 0 Å². The molecule has 0 aliphatic carbocycles. The molecule has 0 bridgehead atoms. The number of hydrogen-bond donors (Lipinski definition) is 0. The molecule has 1 amide bonds. The minimum atomic E-state index is -0.415. The highest BCUT2D eigenvalue weighted by Gasteiger charge is 2.45. The maximum atomic E-state index is 12.1. The smallest absolute Gasteiger partial charge is 0.256 e. The topological polar surface area (TPSA) is 48.0 Å². The summed E-state index contributed by atoms with van der Waals surface area (Å²) in [5, 5.41) is 0. The Morgan fingerprint density at radius 1 is 1.44 bits per heavy atom. The molecule has 2 aliphatic heterocycles. The molecule has 0 saturated carbocycles. The molecule has 2 heterocycles. The van der Waals surface area contributed by atoms with Crippen LogP contribution in [-0.4, -0.2) is 50.2 Å². The summed E-state index contributed by atoms with van der Waals surface area (Å²) in [7, 11) is 3.13. The van der Waals surface area contributed by atoms with Gasteiger partial charge in [0.1, 0.15) is 12.3 Å². The maximum Gasteiger partial charge on any atom is 0.256 e. The molecule has 0 radical (unpaired) electrons. The second kappa shape index (κ2) is 4.53. The Bertz CT molecular complexity index is 315. The number of hydrogen-bond acceptors (Lipinski definition) is 4. The summed E-state index contributed by atoms with van der Waals surface area (Å²) < 4.78 is 16.0. The number of methoxy groups -OCH3 is 2. The van der Waals surface area contributed by atoms with Crippen molar-refractivity contribution >= 4 is 5.91 Å². The Hall–Kier alpha value is -0.910. The van der Waals surface area contributed by atoms with Gasteiger partial charge >= 0.3 is 0 Å². The summed E-state index contributed by atoms with van der Waals surface area (Å²) in [4.78, 5) is 13.7. The predicted octanol–water partition coefficient (Wildman–Crippen LogP) is 0.509. The predicted molar refractivity (Wildman–Crippen MR) is 56.6 cm³/mol. The second-order valence-corrected chi connectivity index (χ2v) is 4.03. The van der Waals surface area contributed by atoms with Crippen LogP contribution in [-0.2, 0) is 19.0 Å². The average Bonchev–Trinajstić information content (AvgIpc) is 2.82. The van der Waals surface area contributed by atoms with E-state index in [-0.39, 0.29) is 18.4 Å². The summed E-state index contributed by atoms with van der Waals surface area (Å²) >= 11 is 0. The van der Waals surface area contributed by atoms with E-state index in [2.05, 4.69) is 0 Å². The standard InChI is InChI=1S/C11H17NO4/c1-7-4-5-16-11(7)12-9(15-3)6-8(14-2)10(12)13/h4,8-9,11H,5-6H2,1-3H3/t8-,9-,11?/m0/s1. The largest absolute Gasteiger partial charge is 0.371 e. The molecule has 1 unspecified atom stereocenters. The van der Waals surface area contributed by atoms with Crippen LogP contribution in [0.5, 0.6) is 0 Å². The van der Waals surface area contributed by atoms with Gasteiger partial charge in [-0.15, -0.1) is 0 Å². The number of likely N-dealkylation sites (tertiary alicyclic amines) is 1. The molecule has 0 spiro atoms. The molecule has 5 nitrogen and oxygen atoms in total. The molecule has 0 N–H and O–H groups in total. The highest BCUT2D eigenvalue weighted by atomic mass is 16.5. The number of amides is 1. The molecular formula is C11H17NO4. The van der Waals surface area contributed by atoms with E-state index in [0.717, 1.165) is 5.57 Å². The van der Waals surface area contributed by atoms with E-state index in [1.165, 1.54) is 7.11 Å². The van der Waals surface area contributed by atoms with Crippen LogP contribution in [0.1, 0.15) is 13.3 Å². The molecule has 1 saturated heterocycles. The Balaban J connectivity index is 2.18. The Morgan fingerprint density at radius 2 is 2.19 bits per heavy atom. The van der Waals surface area contributed by atoms with Crippen molar-refractivity contribution in [1.29, 1.82) is 0 Å². The number of nitrogens with zero attached hydrogens (tertiary/aromatic N) is 1. The van der Waals surface area contributed by atoms with Crippen LogP contribution in [0.3, 0.4) is 0 Å². The summed E-state index contributed by atoms with van der Waals surface area (Å²) in [6, 6.07) is 0. The van der Waals surface area contributed by atoms with Gasteiger partial charge in [0.2, 0.25) is 0 Å². The Kier molecular flexibility index (Phi) is 3.28. The third-order valence-electron chi connectivity index (χ3n) is 3.11. The molecule has 1 fully saturated rings. The molecule has 16 heavy (non-hydrogen) atoms. The zero-order valence-electron chi connectivity index (χ0n) is 9.80. The minimum absolute atomic E-state index is 0.0611. The first-order chi connectivity index (χ1) is 7.69. The molecular weight excluding hydrogens is 210 g/mol. The molecule has 0 aromatic rings. The average molecular weight is 227 g/mol. The van der Waals surface area contributed by atoms with Crippen LogP contribution in [0.25, 0.3) is 0 Å². The minimum Gasteiger partial charge on any atom is -0.371 e. The first kappa shape index (κ1) is 11.6. The lowest BCUT2D eigenvalue weighted by molar-refractivity contribution is -0.155. The lowest BCUT2D eigenvalue weighted by atomic mass is 10.2. The SMILES string of the molecule is CO[C@H]1C[C@H](OC)N(C2OCC=C2C)C1=O. The molecule has 5 heteroatoms. The maximum absolute atomic E-state index is 12.1. The normalized spacial score (nSPS) is 34.7. The van der Waals surface area contributed by atoms with Crippen LogP contribution < -0.4 is 0 Å². The van der Waals surface area contributed by atoms with Crippen molar-refractivity contribution in [3.8, 4) is 0 Å². The van der Waals surface area contributed by atoms with Crippen LogP contribution in [0.15, 0.2) is 11.6 Å². The van der Waals surface area contributed by atoms with Gasteiger partial charge in [0.05, 0.1) is 6.61 Å². The van der Waals surface area contributed by atoms with Crippen molar-refractivity contribution in [3.05, 3.63) is 11.6 Å². The van der Waals surface area contributed by atoms with Crippen molar-refractivity contribution in [2.45, 2.75) is 31.9 Å². The first-order valence-electron chi connectivity index (χ1n) is 5.35. The number of carbonyl (C=O) groups excluding carboxylic acids is 1. The van der Waals surface area contributed by atoms with Crippen molar-refractivity contribution in [2.75, 3.05) is 20.8 Å². The van der Waals surface area contributed by atoms with Gasteiger partial charge in [0.15, 0.2) is 6.23 Å². The molecule has 3 atom stereocenters. The van der Waals surface area contributed by atoms with E-state index in [0.29, 0.717) is 13.0 Å². The third kappa shape index (κ3) is 1.75. The molecule has 90 valence electrons. The summed E-state index contributed by atoms with van der Waals surface area (Å²) in [5.74, 6) is -0.0611. The van der Waals surface area contributed by atoms with E-state index in [1.54, 1.807) is 12.0 Å². The van der Waals surface area contributed by atoms with Gasteiger partial charge in [0.25, 0.3) is 5.91 Å². The van der Waals surface area contributed by atoms with E-state index in [9.17, 15) is 4.79 Å².